The van der Waals surface area contributed by atoms with Gasteiger partial charge in [-0.25, -0.2) is 0 Å². The molecule has 0 aliphatic heterocycles. The van der Waals surface area contributed by atoms with Gasteiger partial charge in [-0.3, -0.25) is 0 Å². The Morgan fingerprint density at radius 2 is 2.00 bits per heavy atom. The second-order valence-corrected chi connectivity index (χ2v) is 2.49. The quantitative estimate of drug-likeness (QED) is 0.718. The summed E-state index contributed by atoms with van der Waals surface area (Å²) < 4.78 is 40.2. The minimum Gasteiger partial charge on any atom is -0.455 e. The molecule has 1 aromatic heterocycles. The largest absolute Gasteiger partial charge is 0.455 e. The smallest absolute Gasteiger partial charge is 0.449 e. The van der Waals surface area contributed by atoms with Crippen molar-refractivity contribution in [1.82, 2.24) is 0 Å². The summed E-state index contributed by atoms with van der Waals surface area (Å²) in [5.74, 6) is -0.864. The Labute approximate surface area is 67.2 Å². The van der Waals surface area contributed by atoms with Crippen LogP contribution in [0.2, 0.25) is 0 Å². The van der Waals surface area contributed by atoms with Crippen molar-refractivity contribution >= 4 is 0 Å². The first kappa shape index (κ1) is 9.12. The fraction of sp³-hybridized carbons (Fsp3) is 0.429. The summed E-state index contributed by atoms with van der Waals surface area (Å²) in [6.07, 6.45) is -4.42. The van der Waals surface area contributed by atoms with Crippen LogP contribution in [-0.2, 0) is 6.18 Å². The molecular weight excluding hydrogens is 171 g/mol. The SMILES string of the molecule is C[C@H](N)c1ccc(C(F)(F)F)o1. The molecule has 0 aromatic carbocycles. The predicted octanol–water partition coefficient (Wildman–Crippen LogP) is 2.32. The van der Waals surface area contributed by atoms with Gasteiger partial charge in [0.1, 0.15) is 5.76 Å². The summed E-state index contributed by atoms with van der Waals surface area (Å²) in [7, 11) is 0. The first-order chi connectivity index (χ1) is 5.41. The molecule has 5 heteroatoms. The molecule has 0 aliphatic rings. The first-order valence-electron chi connectivity index (χ1n) is 3.34. The number of rotatable bonds is 1. The topological polar surface area (TPSA) is 39.2 Å². The fourth-order valence-corrected chi connectivity index (χ4v) is 0.750. The second-order valence-electron chi connectivity index (χ2n) is 2.49. The molecule has 0 radical (unpaired) electrons. The van der Waals surface area contributed by atoms with Crippen molar-refractivity contribution in [3.05, 3.63) is 23.7 Å². The van der Waals surface area contributed by atoms with Crippen LogP contribution in [0, 0.1) is 0 Å². The molecule has 1 heterocycles. The molecule has 2 N–H and O–H groups in total. The van der Waals surface area contributed by atoms with Crippen LogP contribution in [-0.4, -0.2) is 0 Å². The standard InChI is InChI=1S/C7H8F3NO/c1-4(11)5-2-3-6(12-5)7(8,9)10/h2-4H,11H2,1H3/t4-/m0/s1. The maximum atomic E-state index is 11.9. The van der Waals surface area contributed by atoms with E-state index in [2.05, 4.69) is 4.42 Å². The number of halogens is 3. The summed E-state index contributed by atoms with van der Waals surface area (Å²) in [5, 5.41) is 0. The van der Waals surface area contributed by atoms with Crippen LogP contribution in [0.3, 0.4) is 0 Å². The average molecular weight is 179 g/mol. The Kier molecular flexibility index (Phi) is 2.14. The van der Waals surface area contributed by atoms with E-state index in [4.69, 9.17) is 5.73 Å². The lowest BCUT2D eigenvalue weighted by Gasteiger charge is -2.02. The van der Waals surface area contributed by atoms with E-state index in [1.807, 2.05) is 0 Å². The van der Waals surface area contributed by atoms with Gasteiger partial charge >= 0.3 is 6.18 Å². The van der Waals surface area contributed by atoms with Crippen molar-refractivity contribution in [2.45, 2.75) is 19.1 Å². The van der Waals surface area contributed by atoms with E-state index in [0.29, 0.717) is 0 Å². The molecule has 1 aromatic rings. The van der Waals surface area contributed by atoms with Crippen molar-refractivity contribution in [3.8, 4) is 0 Å². The van der Waals surface area contributed by atoms with Gasteiger partial charge in [0, 0.05) is 0 Å². The Morgan fingerprint density at radius 3 is 2.25 bits per heavy atom. The van der Waals surface area contributed by atoms with Crippen LogP contribution in [0.4, 0.5) is 13.2 Å². The Balaban J connectivity index is 2.92. The fourth-order valence-electron chi connectivity index (χ4n) is 0.750. The van der Waals surface area contributed by atoms with Gasteiger partial charge in [-0.15, -0.1) is 0 Å². The summed E-state index contributed by atoms with van der Waals surface area (Å²) in [6.45, 7) is 1.55. The van der Waals surface area contributed by atoms with Gasteiger partial charge in [0.15, 0.2) is 0 Å². The van der Waals surface area contributed by atoms with E-state index >= 15 is 0 Å². The third-order valence-corrected chi connectivity index (χ3v) is 1.35. The molecular formula is C7H8F3NO. The zero-order chi connectivity index (χ0) is 9.35. The van der Waals surface area contributed by atoms with Gasteiger partial charge in [-0.1, -0.05) is 0 Å². The summed E-state index contributed by atoms with van der Waals surface area (Å²) >= 11 is 0. The lowest BCUT2D eigenvalue weighted by atomic mass is 10.3. The van der Waals surface area contributed by atoms with E-state index in [9.17, 15) is 13.2 Å². The maximum absolute atomic E-state index is 11.9. The molecule has 0 unspecified atom stereocenters. The highest BCUT2D eigenvalue weighted by Gasteiger charge is 2.34. The molecule has 1 rings (SSSR count). The highest BCUT2D eigenvalue weighted by Crippen LogP contribution is 2.31. The zero-order valence-corrected chi connectivity index (χ0v) is 6.35. The van der Waals surface area contributed by atoms with Crippen LogP contribution in [0.1, 0.15) is 24.5 Å². The minimum absolute atomic E-state index is 0.141. The van der Waals surface area contributed by atoms with E-state index in [1.54, 1.807) is 6.92 Å². The van der Waals surface area contributed by atoms with Gasteiger partial charge in [-0.05, 0) is 19.1 Å². The predicted molar refractivity (Wildman–Crippen MR) is 36.3 cm³/mol. The average Bonchev–Trinajstić information content (AvgIpc) is 2.30. The lowest BCUT2D eigenvalue weighted by Crippen LogP contribution is -2.05. The molecule has 0 saturated carbocycles. The zero-order valence-electron chi connectivity index (χ0n) is 6.35. The van der Waals surface area contributed by atoms with Crippen LogP contribution < -0.4 is 5.73 Å². The molecule has 0 bridgehead atoms. The van der Waals surface area contributed by atoms with Crippen molar-refractivity contribution < 1.29 is 17.6 Å². The number of hydrogen-bond acceptors (Lipinski definition) is 2. The number of nitrogens with two attached hydrogens (primary N) is 1. The molecule has 12 heavy (non-hydrogen) atoms. The highest BCUT2D eigenvalue weighted by atomic mass is 19.4. The molecule has 1 atom stereocenters. The van der Waals surface area contributed by atoms with E-state index in [-0.39, 0.29) is 5.76 Å². The van der Waals surface area contributed by atoms with Crippen molar-refractivity contribution in [3.63, 3.8) is 0 Å². The van der Waals surface area contributed by atoms with Crippen LogP contribution >= 0.6 is 0 Å². The third kappa shape index (κ3) is 1.79. The van der Waals surface area contributed by atoms with Gasteiger partial charge < -0.3 is 10.2 Å². The van der Waals surface area contributed by atoms with Gasteiger partial charge in [0.2, 0.25) is 5.76 Å². The molecule has 0 aliphatic carbocycles. The van der Waals surface area contributed by atoms with E-state index in [0.717, 1.165) is 6.07 Å². The number of furan rings is 1. The second kappa shape index (κ2) is 2.82. The van der Waals surface area contributed by atoms with Crippen molar-refractivity contribution in [1.29, 1.82) is 0 Å². The van der Waals surface area contributed by atoms with Crippen molar-refractivity contribution in [2.75, 3.05) is 0 Å². The van der Waals surface area contributed by atoms with Gasteiger partial charge in [0.25, 0.3) is 0 Å². The molecule has 2 nitrogen and oxygen atoms in total. The maximum Gasteiger partial charge on any atom is 0.449 e. The molecule has 0 saturated heterocycles. The van der Waals surface area contributed by atoms with Crippen LogP contribution in [0.25, 0.3) is 0 Å². The Hall–Kier alpha value is -0.970. The minimum atomic E-state index is -4.42. The van der Waals surface area contributed by atoms with E-state index < -0.39 is 18.0 Å². The summed E-state index contributed by atoms with van der Waals surface area (Å²) in [4.78, 5) is 0. The first-order valence-corrected chi connectivity index (χ1v) is 3.34. The monoisotopic (exact) mass is 179 g/mol. The summed E-state index contributed by atoms with van der Waals surface area (Å²) in [5.41, 5.74) is 5.31. The van der Waals surface area contributed by atoms with E-state index in [1.165, 1.54) is 6.07 Å². The Bertz CT molecular complexity index is 264. The molecule has 0 spiro atoms. The molecule has 0 fully saturated rings. The van der Waals surface area contributed by atoms with Gasteiger partial charge in [0.05, 0.1) is 6.04 Å². The van der Waals surface area contributed by atoms with Crippen LogP contribution in [0.5, 0.6) is 0 Å². The third-order valence-electron chi connectivity index (χ3n) is 1.35. The van der Waals surface area contributed by atoms with Crippen LogP contribution in [0.15, 0.2) is 16.5 Å². The number of alkyl halides is 3. The molecule has 0 amide bonds. The molecule has 68 valence electrons. The Morgan fingerprint density at radius 1 is 1.42 bits per heavy atom. The lowest BCUT2D eigenvalue weighted by molar-refractivity contribution is -0.153. The van der Waals surface area contributed by atoms with Gasteiger partial charge in [-0.2, -0.15) is 13.2 Å². The normalized spacial score (nSPS) is 14.8. The summed E-state index contributed by atoms with van der Waals surface area (Å²) in [6, 6.07) is 1.59. The number of hydrogen-bond donors (Lipinski definition) is 1. The van der Waals surface area contributed by atoms with Crippen molar-refractivity contribution in [2.24, 2.45) is 5.73 Å². The highest BCUT2D eigenvalue weighted by molar-refractivity contribution is 5.11.